The van der Waals surface area contributed by atoms with Crippen LogP contribution in [-0.4, -0.2) is 28.3 Å². The lowest BCUT2D eigenvalue weighted by atomic mass is 10.3. The van der Waals surface area contributed by atoms with Crippen LogP contribution in [0, 0.1) is 11.3 Å². The SMILES string of the molecule is CN1CCCn2nc(C#N)cc2C1. The number of aromatic nitrogens is 2. The number of rotatable bonds is 0. The summed E-state index contributed by atoms with van der Waals surface area (Å²) in [5.41, 5.74) is 1.68. The van der Waals surface area contributed by atoms with Crippen LogP contribution in [0.1, 0.15) is 17.8 Å². The highest BCUT2D eigenvalue weighted by molar-refractivity contribution is 5.22. The summed E-state index contributed by atoms with van der Waals surface area (Å²) in [4.78, 5) is 2.25. The van der Waals surface area contributed by atoms with Gasteiger partial charge in [-0.15, -0.1) is 0 Å². The number of hydrogen-bond acceptors (Lipinski definition) is 3. The summed E-state index contributed by atoms with van der Waals surface area (Å²) < 4.78 is 1.95. The molecule has 0 amide bonds. The summed E-state index contributed by atoms with van der Waals surface area (Å²) in [6, 6.07) is 3.95. The molecule has 0 aliphatic carbocycles. The summed E-state index contributed by atoms with van der Waals surface area (Å²) in [5, 5.41) is 12.9. The number of fused-ring (bicyclic) bond motifs is 1. The van der Waals surface area contributed by atoms with Gasteiger partial charge >= 0.3 is 0 Å². The molecule has 0 saturated heterocycles. The molecule has 68 valence electrons. The molecular formula is C9H12N4. The van der Waals surface area contributed by atoms with E-state index in [2.05, 4.69) is 23.1 Å². The van der Waals surface area contributed by atoms with Crippen LogP contribution in [0.3, 0.4) is 0 Å². The van der Waals surface area contributed by atoms with E-state index in [0.29, 0.717) is 5.69 Å². The maximum absolute atomic E-state index is 8.68. The molecule has 4 nitrogen and oxygen atoms in total. The van der Waals surface area contributed by atoms with Crippen LogP contribution in [0.4, 0.5) is 0 Å². The molecular weight excluding hydrogens is 164 g/mol. The summed E-state index contributed by atoms with van der Waals surface area (Å²) in [5.74, 6) is 0. The largest absolute Gasteiger partial charge is 0.300 e. The number of hydrogen-bond donors (Lipinski definition) is 0. The average molecular weight is 176 g/mol. The monoisotopic (exact) mass is 176 g/mol. The predicted octanol–water partition coefficient (Wildman–Crippen LogP) is 0.590. The van der Waals surface area contributed by atoms with Gasteiger partial charge in [0, 0.05) is 19.6 Å². The Morgan fingerprint density at radius 3 is 3.15 bits per heavy atom. The highest BCUT2D eigenvalue weighted by atomic mass is 15.3. The maximum atomic E-state index is 8.68. The van der Waals surface area contributed by atoms with Crippen molar-refractivity contribution < 1.29 is 0 Å². The van der Waals surface area contributed by atoms with E-state index in [9.17, 15) is 0 Å². The van der Waals surface area contributed by atoms with Crippen LogP contribution in [0.15, 0.2) is 6.07 Å². The Morgan fingerprint density at radius 1 is 1.54 bits per heavy atom. The van der Waals surface area contributed by atoms with E-state index < -0.39 is 0 Å². The minimum absolute atomic E-state index is 0.533. The molecule has 0 bridgehead atoms. The molecule has 0 atom stereocenters. The van der Waals surface area contributed by atoms with Crippen molar-refractivity contribution in [1.29, 1.82) is 5.26 Å². The first kappa shape index (κ1) is 8.27. The van der Waals surface area contributed by atoms with Crippen molar-refractivity contribution >= 4 is 0 Å². The van der Waals surface area contributed by atoms with Gasteiger partial charge in [-0.3, -0.25) is 4.68 Å². The molecule has 2 heterocycles. The molecule has 1 aromatic rings. The molecule has 4 heteroatoms. The lowest BCUT2D eigenvalue weighted by Gasteiger charge is -2.10. The van der Waals surface area contributed by atoms with Gasteiger partial charge in [0.25, 0.3) is 0 Å². The molecule has 0 saturated carbocycles. The van der Waals surface area contributed by atoms with Crippen LogP contribution < -0.4 is 0 Å². The zero-order valence-electron chi connectivity index (χ0n) is 7.69. The van der Waals surface area contributed by atoms with Crippen molar-refractivity contribution in [2.45, 2.75) is 19.5 Å². The molecule has 1 aliphatic rings. The van der Waals surface area contributed by atoms with E-state index in [1.165, 1.54) is 0 Å². The summed E-state index contributed by atoms with van der Waals surface area (Å²) in [6.45, 7) is 2.93. The Bertz CT molecular complexity index is 347. The Balaban J connectivity index is 2.32. The molecule has 0 aromatic carbocycles. The molecule has 1 aliphatic heterocycles. The van der Waals surface area contributed by atoms with Gasteiger partial charge in [0.2, 0.25) is 0 Å². The highest BCUT2D eigenvalue weighted by Gasteiger charge is 2.13. The molecule has 0 unspecified atom stereocenters. The molecule has 2 rings (SSSR count). The third kappa shape index (κ3) is 1.56. The Kier molecular flexibility index (Phi) is 2.03. The van der Waals surface area contributed by atoms with Crippen molar-refractivity contribution in [1.82, 2.24) is 14.7 Å². The van der Waals surface area contributed by atoms with Crippen molar-refractivity contribution in [2.75, 3.05) is 13.6 Å². The van der Waals surface area contributed by atoms with Gasteiger partial charge < -0.3 is 4.90 Å². The number of nitrogens with zero attached hydrogens (tertiary/aromatic N) is 4. The van der Waals surface area contributed by atoms with Gasteiger partial charge in [-0.1, -0.05) is 0 Å². The van der Waals surface area contributed by atoms with Crippen LogP contribution in [-0.2, 0) is 13.1 Å². The molecule has 0 radical (unpaired) electrons. The lowest BCUT2D eigenvalue weighted by Crippen LogP contribution is -2.16. The third-order valence-corrected chi connectivity index (χ3v) is 2.32. The number of nitriles is 1. The van der Waals surface area contributed by atoms with Gasteiger partial charge in [-0.2, -0.15) is 10.4 Å². The topological polar surface area (TPSA) is 44.9 Å². The van der Waals surface area contributed by atoms with Crippen LogP contribution >= 0.6 is 0 Å². The van der Waals surface area contributed by atoms with E-state index in [0.717, 1.165) is 31.7 Å². The minimum Gasteiger partial charge on any atom is -0.300 e. The fourth-order valence-corrected chi connectivity index (χ4v) is 1.68. The van der Waals surface area contributed by atoms with Crippen LogP contribution in [0.5, 0.6) is 0 Å². The normalized spacial score (nSPS) is 17.5. The lowest BCUT2D eigenvalue weighted by molar-refractivity contribution is 0.332. The summed E-state index contributed by atoms with van der Waals surface area (Å²) in [6.07, 6.45) is 1.11. The van der Waals surface area contributed by atoms with E-state index >= 15 is 0 Å². The second-order valence-electron chi connectivity index (χ2n) is 3.45. The van der Waals surface area contributed by atoms with Crippen LogP contribution in [0.25, 0.3) is 0 Å². The fraction of sp³-hybridized carbons (Fsp3) is 0.556. The minimum atomic E-state index is 0.533. The number of aryl methyl sites for hydroxylation is 1. The van der Waals surface area contributed by atoms with Gasteiger partial charge in [0.05, 0.1) is 5.69 Å². The maximum Gasteiger partial charge on any atom is 0.162 e. The quantitative estimate of drug-likeness (QED) is 0.581. The first-order valence-corrected chi connectivity index (χ1v) is 4.45. The molecule has 0 N–H and O–H groups in total. The second-order valence-corrected chi connectivity index (χ2v) is 3.45. The van der Waals surface area contributed by atoms with Crippen molar-refractivity contribution in [3.8, 4) is 6.07 Å². The first-order chi connectivity index (χ1) is 6.29. The van der Waals surface area contributed by atoms with Crippen LogP contribution in [0.2, 0.25) is 0 Å². The molecule has 0 spiro atoms. The second kappa shape index (κ2) is 3.19. The zero-order valence-corrected chi connectivity index (χ0v) is 7.69. The molecule has 0 fully saturated rings. The smallest absolute Gasteiger partial charge is 0.162 e. The van der Waals surface area contributed by atoms with Crippen molar-refractivity contribution in [3.63, 3.8) is 0 Å². The average Bonchev–Trinajstić information content (AvgIpc) is 2.41. The Morgan fingerprint density at radius 2 is 2.38 bits per heavy atom. The summed E-state index contributed by atoms with van der Waals surface area (Å²) in [7, 11) is 2.09. The fourth-order valence-electron chi connectivity index (χ4n) is 1.68. The first-order valence-electron chi connectivity index (χ1n) is 4.45. The standard InChI is InChI=1S/C9H12N4/c1-12-3-2-4-13-9(7-12)5-8(6-10)11-13/h5H,2-4,7H2,1H3. The Labute approximate surface area is 77.4 Å². The van der Waals surface area contributed by atoms with Gasteiger partial charge in [0.15, 0.2) is 5.69 Å². The van der Waals surface area contributed by atoms with Gasteiger partial charge in [-0.05, 0) is 19.5 Å². The van der Waals surface area contributed by atoms with Gasteiger partial charge in [-0.25, -0.2) is 0 Å². The van der Waals surface area contributed by atoms with Gasteiger partial charge in [0.1, 0.15) is 6.07 Å². The van der Waals surface area contributed by atoms with Crippen molar-refractivity contribution in [2.24, 2.45) is 0 Å². The Hall–Kier alpha value is -1.34. The van der Waals surface area contributed by atoms with E-state index in [4.69, 9.17) is 5.26 Å². The highest BCUT2D eigenvalue weighted by Crippen LogP contribution is 2.11. The molecule has 13 heavy (non-hydrogen) atoms. The summed E-state index contributed by atoms with van der Waals surface area (Å²) >= 11 is 0. The van der Waals surface area contributed by atoms with E-state index in [1.54, 1.807) is 0 Å². The van der Waals surface area contributed by atoms with E-state index in [-0.39, 0.29) is 0 Å². The third-order valence-electron chi connectivity index (χ3n) is 2.32. The van der Waals surface area contributed by atoms with Crippen molar-refractivity contribution in [3.05, 3.63) is 17.5 Å². The van der Waals surface area contributed by atoms with E-state index in [1.807, 2.05) is 10.7 Å². The predicted molar refractivity (Wildman–Crippen MR) is 47.9 cm³/mol. The molecule has 1 aromatic heterocycles. The zero-order chi connectivity index (χ0) is 9.26.